The summed E-state index contributed by atoms with van der Waals surface area (Å²) in [5, 5.41) is 14.3. The normalized spacial score (nSPS) is 16.1. The van der Waals surface area contributed by atoms with Gasteiger partial charge in [0.1, 0.15) is 0 Å². The van der Waals surface area contributed by atoms with E-state index in [2.05, 4.69) is 5.32 Å². The number of dihydropyridines is 1. The topological polar surface area (TPSA) is 108 Å². The Balaban J connectivity index is 2.38. The van der Waals surface area contributed by atoms with Crippen molar-refractivity contribution in [2.45, 2.75) is 45.4 Å². The Hall–Kier alpha value is -2.87. The number of alkyl halides is 1. The van der Waals surface area contributed by atoms with Crippen molar-refractivity contribution in [3.8, 4) is 0 Å². The molecule has 1 N–H and O–H groups in total. The van der Waals surface area contributed by atoms with Gasteiger partial charge in [-0.05, 0) is 32.3 Å². The van der Waals surface area contributed by atoms with Crippen LogP contribution in [-0.2, 0) is 19.1 Å². The number of nitrogens with one attached hydrogen (secondary N) is 1. The van der Waals surface area contributed by atoms with E-state index in [1.165, 1.54) is 25.3 Å². The zero-order chi connectivity index (χ0) is 23.0. The van der Waals surface area contributed by atoms with E-state index in [0.717, 1.165) is 19.3 Å². The third kappa shape index (κ3) is 6.07. The van der Waals surface area contributed by atoms with E-state index in [1.807, 2.05) is 0 Å². The number of benzene rings is 1. The van der Waals surface area contributed by atoms with Crippen molar-refractivity contribution in [3.63, 3.8) is 0 Å². The molecule has 0 aromatic heterocycles. The van der Waals surface area contributed by atoms with Gasteiger partial charge in [-0.1, -0.05) is 25.0 Å². The maximum atomic E-state index is 13.0. The van der Waals surface area contributed by atoms with Crippen molar-refractivity contribution >= 4 is 29.2 Å². The van der Waals surface area contributed by atoms with Crippen LogP contribution in [0.15, 0.2) is 46.8 Å². The number of rotatable bonds is 10. The van der Waals surface area contributed by atoms with Crippen molar-refractivity contribution in [1.82, 2.24) is 5.32 Å². The van der Waals surface area contributed by atoms with Crippen molar-refractivity contribution in [2.75, 3.05) is 19.6 Å². The molecule has 1 aliphatic heterocycles. The van der Waals surface area contributed by atoms with Gasteiger partial charge < -0.3 is 14.8 Å². The van der Waals surface area contributed by atoms with E-state index in [4.69, 9.17) is 21.1 Å². The number of non-ortho nitro benzene ring substituents is 1. The van der Waals surface area contributed by atoms with E-state index in [1.54, 1.807) is 19.9 Å². The number of methoxy groups -OCH3 is 1. The Kier molecular flexibility index (Phi) is 9.05. The van der Waals surface area contributed by atoms with Crippen LogP contribution in [-0.4, -0.2) is 36.5 Å². The molecule has 1 heterocycles. The van der Waals surface area contributed by atoms with Gasteiger partial charge in [-0.15, -0.1) is 11.6 Å². The second-order valence-corrected chi connectivity index (χ2v) is 7.60. The number of nitrogens with zero attached hydrogens (tertiary/aromatic N) is 1. The first-order valence-electron chi connectivity index (χ1n) is 10.1. The number of halogens is 1. The van der Waals surface area contributed by atoms with Crippen LogP contribution in [0.5, 0.6) is 0 Å². The molecule has 1 aromatic rings. The molecule has 8 nitrogen and oxygen atoms in total. The van der Waals surface area contributed by atoms with E-state index in [9.17, 15) is 19.7 Å². The number of carbonyl (C=O) groups excluding carboxylic acids is 2. The summed E-state index contributed by atoms with van der Waals surface area (Å²) in [4.78, 5) is 36.3. The lowest BCUT2D eigenvalue weighted by Gasteiger charge is -2.30. The number of hydrogen-bond donors (Lipinski definition) is 1. The molecule has 0 radical (unpaired) electrons. The molecule has 168 valence electrons. The Morgan fingerprint density at radius 2 is 1.74 bits per heavy atom. The number of nitro benzene ring substituents is 1. The first-order chi connectivity index (χ1) is 14.8. The summed E-state index contributed by atoms with van der Waals surface area (Å²) in [6, 6.07) is 5.88. The Morgan fingerprint density at radius 1 is 1.10 bits per heavy atom. The molecule has 0 saturated heterocycles. The van der Waals surface area contributed by atoms with Crippen LogP contribution < -0.4 is 5.32 Å². The fourth-order valence-electron chi connectivity index (χ4n) is 3.59. The first-order valence-corrected chi connectivity index (χ1v) is 10.6. The van der Waals surface area contributed by atoms with E-state index >= 15 is 0 Å². The maximum absolute atomic E-state index is 13.0. The molecule has 0 bridgehead atoms. The van der Waals surface area contributed by atoms with Crippen LogP contribution >= 0.6 is 11.6 Å². The average Bonchev–Trinajstić information content (AvgIpc) is 2.75. The maximum Gasteiger partial charge on any atom is 0.336 e. The molecule has 1 unspecified atom stereocenters. The van der Waals surface area contributed by atoms with Crippen LogP contribution in [0.25, 0.3) is 0 Å². The highest BCUT2D eigenvalue weighted by molar-refractivity contribution is 6.17. The van der Waals surface area contributed by atoms with Crippen molar-refractivity contribution in [3.05, 3.63) is 62.5 Å². The van der Waals surface area contributed by atoms with Crippen molar-refractivity contribution < 1.29 is 24.0 Å². The first kappa shape index (κ1) is 24.4. The molecule has 0 saturated carbocycles. The van der Waals surface area contributed by atoms with Crippen LogP contribution in [0.2, 0.25) is 0 Å². The van der Waals surface area contributed by atoms with Gasteiger partial charge in [-0.3, -0.25) is 10.1 Å². The van der Waals surface area contributed by atoms with Crippen molar-refractivity contribution in [1.29, 1.82) is 0 Å². The largest absolute Gasteiger partial charge is 0.466 e. The molecule has 1 atom stereocenters. The Bertz CT molecular complexity index is 909. The average molecular weight is 451 g/mol. The highest BCUT2D eigenvalue weighted by atomic mass is 35.5. The lowest BCUT2D eigenvalue weighted by molar-refractivity contribution is -0.384. The zero-order valence-corrected chi connectivity index (χ0v) is 18.7. The van der Waals surface area contributed by atoms with Crippen LogP contribution in [0.4, 0.5) is 5.69 Å². The number of ether oxygens (including phenoxy) is 2. The fourth-order valence-corrected chi connectivity index (χ4v) is 3.78. The van der Waals surface area contributed by atoms with Gasteiger partial charge in [0.2, 0.25) is 0 Å². The molecule has 0 spiro atoms. The minimum Gasteiger partial charge on any atom is -0.466 e. The molecular weight excluding hydrogens is 424 g/mol. The van der Waals surface area contributed by atoms with Gasteiger partial charge in [0.15, 0.2) is 0 Å². The lowest BCUT2D eigenvalue weighted by atomic mass is 9.80. The summed E-state index contributed by atoms with van der Waals surface area (Å²) in [6.07, 6.45) is 3.44. The van der Waals surface area contributed by atoms with Gasteiger partial charge in [0.25, 0.3) is 5.69 Å². The number of hydrogen-bond acceptors (Lipinski definition) is 7. The molecular formula is C22H27ClN2O6. The summed E-state index contributed by atoms with van der Waals surface area (Å²) in [5.41, 5.74) is 1.77. The minimum absolute atomic E-state index is 0.137. The van der Waals surface area contributed by atoms with Gasteiger partial charge in [0.05, 0.1) is 35.7 Å². The van der Waals surface area contributed by atoms with Crippen LogP contribution in [0.1, 0.15) is 51.0 Å². The number of allylic oxidation sites excluding steroid dienone is 2. The molecule has 0 fully saturated rings. The van der Waals surface area contributed by atoms with Gasteiger partial charge in [0, 0.05) is 29.4 Å². The highest BCUT2D eigenvalue weighted by Crippen LogP contribution is 2.40. The zero-order valence-electron chi connectivity index (χ0n) is 17.9. The Morgan fingerprint density at radius 3 is 2.35 bits per heavy atom. The third-order valence-corrected chi connectivity index (χ3v) is 5.33. The quantitative estimate of drug-likeness (QED) is 0.185. The molecule has 0 aliphatic carbocycles. The molecule has 31 heavy (non-hydrogen) atoms. The molecule has 0 amide bonds. The molecule has 2 rings (SSSR count). The fraction of sp³-hybridized carbons (Fsp3) is 0.455. The second kappa shape index (κ2) is 11.5. The predicted molar refractivity (Wildman–Crippen MR) is 117 cm³/mol. The second-order valence-electron chi connectivity index (χ2n) is 7.22. The molecule has 1 aliphatic rings. The summed E-state index contributed by atoms with van der Waals surface area (Å²) < 4.78 is 10.4. The van der Waals surface area contributed by atoms with E-state index in [0.29, 0.717) is 29.3 Å². The standard InChI is InChI=1S/C22H27ClN2O6/c1-14-18(21(26)30-3)20(16-9-8-10-17(13-16)25(28)29)19(15(2)24-14)22(27)31-12-7-5-4-6-11-23/h8-10,13,20,24H,4-7,11-12H2,1-3H3. The summed E-state index contributed by atoms with van der Waals surface area (Å²) >= 11 is 5.67. The molecule has 9 heteroatoms. The highest BCUT2D eigenvalue weighted by Gasteiger charge is 2.38. The van der Waals surface area contributed by atoms with Crippen LogP contribution in [0, 0.1) is 10.1 Å². The number of esters is 2. The summed E-state index contributed by atoms with van der Waals surface area (Å²) in [6.45, 7) is 3.63. The Labute approximate surface area is 186 Å². The van der Waals surface area contributed by atoms with E-state index in [-0.39, 0.29) is 23.4 Å². The minimum atomic E-state index is -0.850. The summed E-state index contributed by atoms with van der Waals surface area (Å²) in [7, 11) is 1.25. The SMILES string of the molecule is COC(=O)C1=C(C)NC(C)=C(C(=O)OCCCCCCCl)C1c1cccc([N+](=O)[O-])c1. The predicted octanol–water partition coefficient (Wildman–Crippen LogP) is 4.35. The van der Waals surface area contributed by atoms with Gasteiger partial charge in [-0.25, -0.2) is 9.59 Å². The molecule has 1 aromatic carbocycles. The van der Waals surface area contributed by atoms with Crippen molar-refractivity contribution in [2.24, 2.45) is 0 Å². The number of nitro groups is 1. The monoisotopic (exact) mass is 450 g/mol. The number of carbonyl (C=O) groups is 2. The third-order valence-electron chi connectivity index (χ3n) is 5.06. The number of unbranched alkanes of at least 4 members (excludes halogenated alkanes) is 3. The van der Waals surface area contributed by atoms with E-state index < -0.39 is 22.8 Å². The van der Waals surface area contributed by atoms with Gasteiger partial charge >= 0.3 is 11.9 Å². The lowest BCUT2D eigenvalue weighted by Crippen LogP contribution is -2.32. The summed E-state index contributed by atoms with van der Waals surface area (Å²) in [5.74, 6) is -1.45. The van der Waals surface area contributed by atoms with Crippen LogP contribution in [0.3, 0.4) is 0 Å². The smallest absolute Gasteiger partial charge is 0.336 e. The van der Waals surface area contributed by atoms with Gasteiger partial charge in [-0.2, -0.15) is 0 Å².